The molecule has 4 aromatic heterocycles. The summed E-state index contributed by atoms with van der Waals surface area (Å²) in [5.41, 5.74) is -5.96. The number of phosphoric ester groups is 4. The second kappa shape index (κ2) is 42.8. The van der Waals surface area contributed by atoms with Crippen molar-refractivity contribution in [1.29, 1.82) is 0 Å². The number of phosphoric acid groups is 4. The van der Waals surface area contributed by atoms with Crippen molar-refractivity contribution >= 4 is 77.1 Å². The van der Waals surface area contributed by atoms with Crippen molar-refractivity contribution in [1.82, 2.24) is 39.5 Å². The second-order valence-electron chi connectivity index (χ2n) is 28.6. The maximum absolute atomic E-state index is 15.0. The first kappa shape index (κ1) is 104. The van der Waals surface area contributed by atoms with Crippen LogP contribution in [0.25, 0.3) is 0 Å². The molecule has 1 radical (unpaired) electrons. The number of nitrogens with zero attached hydrogens (tertiary/aromatic N) is 10. The van der Waals surface area contributed by atoms with Crippen LogP contribution < -0.4 is 33.9 Å². The van der Waals surface area contributed by atoms with Gasteiger partial charge in [-0.3, -0.25) is 40.7 Å². The average molecular weight is 1850 g/mol. The molecular weight excluding hydrogens is 1750 g/mol. The maximum Gasteiger partial charge on any atom is 0.478 e. The SMILES string of the molecule is CC(C)(C)OP(=O)(O)OC(C)(C)C.CC(C)(C)OP(=O)(OCCl)OC(C)(C)C.Cc1cncnc1[C@H](C)[C@](O)(Cn1c[n+](COP(=O)(O)O)cn1)c1ccc(F)cc1F.Cc1cncnc1[C@H](C)[C@](O)(Cn1c[n+](COP(=O)(OC(C)(C)C)OC(C)(C)C)cn1)c1ccc(F)cc1F.ClCI.[Ag].[Cl-].[Cl-]. The van der Waals surface area contributed by atoms with Crippen LogP contribution in [0.2, 0.25) is 0 Å². The molecule has 6 rings (SSSR count). The van der Waals surface area contributed by atoms with Crippen LogP contribution in [-0.4, -0.2) is 108 Å². The molecule has 4 atom stereocenters. The van der Waals surface area contributed by atoms with Gasteiger partial charge in [-0.15, -0.1) is 21.0 Å². The third-order valence-electron chi connectivity index (χ3n) is 12.3. The fourth-order valence-corrected chi connectivity index (χ4v) is 14.2. The predicted octanol–water partition coefficient (Wildman–Crippen LogP) is 8.53. The summed E-state index contributed by atoms with van der Waals surface area (Å²) in [6.07, 6.45) is 11.2. The van der Waals surface area contributed by atoms with Gasteiger partial charge in [0.15, 0.2) is 13.5 Å². The molecule has 6 aromatic rings. The number of rotatable bonds is 24. The largest absolute Gasteiger partial charge is 1.00 e. The molecule has 0 bridgehead atoms. The van der Waals surface area contributed by atoms with Crippen molar-refractivity contribution < 1.29 is 158 Å². The first-order chi connectivity index (χ1) is 45.7. The number of aromatic nitrogens is 10. The van der Waals surface area contributed by atoms with Crippen LogP contribution in [0.4, 0.5) is 17.6 Å². The molecule has 28 nitrogen and oxygen atoms in total. The van der Waals surface area contributed by atoms with Crippen molar-refractivity contribution in [3.05, 3.63) is 144 Å². The summed E-state index contributed by atoms with van der Waals surface area (Å²) in [7, 11) is -16.2. The summed E-state index contributed by atoms with van der Waals surface area (Å²) in [6.45, 7) is 36.8. The van der Waals surface area contributed by atoms with Crippen LogP contribution >= 0.6 is 77.1 Å². The smallest absolute Gasteiger partial charge is 0.478 e. The molecule has 0 aliphatic heterocycles. The van der Waals surface area contributed by atoms with Gasteiger partial charge in [-0.25, -0.2) is 64.9 Å². The average Bonchev–Trinajstić information content (AvgIpc) is 1.12. The topological polar surface area (TPSA) is 347 Å². The Bertz CT molecular complexity index is 3750. The van der Waals surface area contributed by atoms with Crippen LogP contribution in [0, 0.1) is 37.1 Å². The van der Waals surface area contributed by atoms with Crippen LogP contribution in [-0.2, 0) is 119 Å². The van der Waals surface area contributed by atoms with Crippen LogP contribution in [0.15, 0.2) is 86.8 Å². The minimum absolute atomic E-state index is 0. The van der Waals surface area contributed by atoms with E-state index < -0.39 is 118 Å². The Labute approximate surface area is 658 Å². The Morgan fingerprint density at radius 2 is 0.827 bits per heavy atom. The number of hydrogen-bond donors (Lipinski definition) is 5. The Kier molecular flexibility index (Phi) is 42.7. The van der Waals surface area contributed by atoms with E-state index in [1.54, 1.807) is 165 Å². The first-order valence-electron chi connectivity index (χ1n) is 30.9. The summed E-state index contributed by atoms with van der Waals surface area (Å²) in [4.78, 5) is 43.4. The van der Waals surface area contributed by atoms with Crippen LogP contribution in [0.3, 0.4) is 0 Å². The van der Waals surface area contributed by atoms with E-state index in [-0.39, 0.29) is 84.2 Å². The molecule has 0 aliphatic carbocycles. The third kappa shape index (κ3) is 39.0. The first-order valence-corrected chi connectivity index (χ1v) is 39.4. The Hall–Kier alpha value is -2.41. The zero-order valence-electron chi connectivity index (χ0n) is 62.0. The van der Waals surface area contributed by atoms with Gasteiger partial charge in [-0.2, -0.15) is 0 Å². The summed E-state index contributed by atoms with van der Waals surface area (Å²) >= 11 is 12.4. The number of alkyl halides is 3. The monoisotopic (exact) mass is 1850 g/mol. The molecule has 0 spiro atoms. The number of aliphatic hydroxyl groups is 2. The molecule has 0 saturated heterocycles. The van der Waals surface area contributed by atoms with Gasteiger partial charge in [-0.05, 0) is 162 Å². The van der Waals surface area contributed by atoms with Gasteiger partial charge < -0.3 is 49.7 Å². The Morgan fingerprint density at radius 1 is 0.529 bits per heavy atom. The van der Waals surface area contributed by atoms with E-state index in [9.17, 15) is 46.5 Å². The van der Waals surface area contributed by atoms with Crippen LogP contribution in [0.5, 0.6) is 0 Å². The van der Waals surface area contributed by atoms with Crippen molar-refractivity contribution in [2.24, 2.45) is 0 Å². The normalized spacial score (nSPS) is 14.2. The van der Waals surface area contributed by atoms with Gasteiger partial charge in [0.2, 0.25) is 12.7 Å². The summed E-state index contributed by atoms with van der Waals surface area (Å²) < 4.78 is 157. The zero-order valence-corrected chi connectivity index (χ0v) is 72.2. The van der Waals surface area contributed by atoms with Crippen molar-refractivity contribution in [3.8, 4) is 0 Å². The molecule has 0 aliphatic rings. The molecule has 2 aromatic carbocycles. The fraction of sp³-hybridized carbons (Fsp3) is 0.613. The summed E-state index contributed by atoms with van der Waals surface area (Å²) in [5.74, 6) is -4.90. The molecule has 0 saturated carbocycles. The molecular formula is C62H99AgCl4F4IN10O18P4. The molecule has 0 amide bonds. The predicted molar refractivity (Wildman–Crippen MR) is 377 cm³/mol. The summed E-state index contributed by atoms with van der Waals surface area (Å²) in [6, 6.07) is 5.66. The van der Waals surface area contributed by atoms with Gasteiger partial charge in [0.05, 0.1) is 48.9 Å². The number of benzene rings is 2. The van der Waals surface area contributed by atoms with Gasteiger partial charge in [-0.1, -0.05) is 60.2 Å². The molecule has 4 heterocycles. The number of hydrogen-bond acceptors (Lipinski definition) is 21. The standard InChI is InChI=1S/C26H37F2N5O5P.C18H20F2N5O5P.C9H20ClO4P.C8H19O4P.CH2ClI.Ag.2ClH/c1-18-12-29-14-30-23(18)19(2)26(34,21-10-9-20(27)11-22(21)28)13-33-16-32(15-31-33)17-36-39(35,37-24(3,4)5)38-25(6,7)8;1-12-6-21-8-22-17(12)13(2)18(26,15-4-3-14(19)5-16(15)20)7-25-10-24(9-23-25)11-30-31(27,28)29;1-8(2,3)13-15(11,12-7-10)14-9(4,5)6;1-7(2,3)11-13(9,10)12-8(4,5)6;2-1-3;;;/h9-12,14-16,19,34H,13,17H2,1-8H3;3-6,8-10,13,26H,7,11H2,1-2H3,(H-,27,28,29);7H2,1-6H3;1-6H3,(H,9,10);1H2;;2*1H/q+1;;;;;;;/p-1/t19-,26+;13-,18+;;;;;;/m00....../s1. The van der Waals surface area contributed by atoms with Gasteiger partial charge >= 0.3 is 31.3 Å². The van der Waals surface area contributed by atoms with Gasteiger partial charge in [0.1, 0.15) is 66.3 Å². The van der Waals surface area contributed by atoms with Gasteiger partial charge in [0, 0.05) is 80.1 Å². The quantitative estimate of drug-likeness (QED) is 0.00946. The van der Waals surface area contributed by atoms with Gasteiger partial charge in [0.25, 0.3) is 12.7 Å². The van der Waals surface area contributed by atoms with E-state index >= 15 is 4.39 Å². The molecule has 42 heteroatoms. The molecule has 0 fully saturated rings. The fourth-order valence-electron chi connectivity index (χ4n) is 8.82. The Morgan fingerprint density at radius 3 is 1.10 bits per heavy atom. The molecule has 5 N–H and O–H groups in total. The second-order valence-corrected chi connectivity index (χ2v) is 36.3. The van der Waals surface area contributed by atoms with Crippen molar-refractivity contribution in [3.63, 3.8) is 0 Å². The van der Waals surface area contributed by atoms with E-state index in [2.05, 4.69) is 57.2 Å². The van der Waals surface area contributed by atoms with E-state index in [0.717, 1.165) is 24.3 Å². The summed E-state index contributed by atoms with van der Waals surface area (Å²) in [5, 5.41) is 31.9. The van der Waals surface area contributed by atoms with Crippen molar-refractivity contribution in [2.45, 2.75) is 236 Å². The number of aryl methyl sites for hydroxylation is 2. The van der Waals surface area contributed by atoms with Crippen molar-refractivity contribution in [2.75, 3.05) is 9.95 Å². The van der Waals surface area contributed by atoms with Crippen LogP contribution in [0.1, 0.15) is 184 Å². The van der Waals surface area contributed by atoms with E-state index in [1.807, 2.05) is 0 Å². The maximum atomic E-state index is 15.0. The third-order valence-corrected chi connectivity index (χ3v) is 18.5. The Balaban J connectivity index is 0. The van der Waals surface area contributed by atoms with E-state index in [0.29, 0.717) is 32.5 Å². The van der Waals surface area contributed by atoms with E-state index in [4.69, 9.17) is 69.2 Å². The minimum Gasteiger partial charge on any atom is -1.00 e. The molecule has 104 heavy (non-hydrogen) atoms. The minimum atomic E-state index is -4.69. The molecule has 0 unspecified atom stereocenters. The van der Waals surface area contributed by atoms with E-state index in [1.165, 1.54) is 62.5 Å². The number of halogens is 9. The molecule has 599 valence electrons. The zero-order chi connectivity index (χ0) is 78.0.